The largest absolute Gasteiger partial charge is 0.496 e. The summed E-state index contributed by atoms with van der Waals surface area (Å²) >= 11 is 0. The summed E-state index contributed by atoms with van der Waals surface area (Å²) in [6.45, 7) is 6.08. The molecule has 21 heavy (non-hydrogen) atoms. The molecule has 0 saturated carbocycles. The third-order valence-corrected chi connectivity index (χ3v) is 3.78. The summed E-state index contributed by atoms with van der Waals surface area (Å²) < 4.78 is 7.40. The quantitative estimate of drug-likeness (QED) is 0.758. The SMILES string of the molecule is CCC(C)n1ccc(CNCCc2ccccc2OC)n1. The highest BCUT2D eigenvalue weighted by atomic mass is 16.5. The van der Waals surface area contributed by atoms with Gasteiger partial charge in [0.15, 0.2) is 0 Å². The van der Waals surface area contributed by atoms with Crippen molar-refractivity contribution < 1.29 is 4.74 Å². The van der Waals surface area contributed by atoms with Crippen LogP contribution < -0.4 is 10.1 Å². The highest BCUT2D eigenvalue weighted by Gasteiger charge is 2.05. The molecule has 0 fully saturated rings. The van der Waals surface area contributed by atoms with Gasteiger partial charge in [-0.15, -0.1) is 0 Å². The Morgan fingerprint density at radius 1 is 1.29 bits per heavy atom. The first-order valence-electron chi connectivity index (χ1n) is 7.61. The number of aromatic nitrogens is 2. The summed E-state index contributed by atoms with van der Waals surface area (Å²) in [5.41, 5.74) is 2.33. The number of benzene rings is 1. The van der Waals surface area contributed by atoms with Crippen molar-refractivity contribution in [3.05, 3.63) is 47.8 Å². The van der Waals surface area contributed by atoms with Gasteiger partial charge in [0.2, 0.25) is 0 Å². The zero-order chi connectivity index (χ0) is 15.1. The van der Waals surface area contributed by atoms with Crippen molar-refractivity contribution in [1.29, 1.82) is 0 Å². The average Bonchev–Trinajstić information content (AvgIpc) is 3.00. The van der Waals surface area contributed by atoms with E-state index in [1.807, 2.05) is 22.9 Å². The van der Waals surface area contributed by atoms with Gasteiger partial charge in [0.1, 0.15) is 5.75 Å². The van der Waals surface area contributed by atoms with E-state index in [0.717, 1.165) is 37.4 Å². The molecule has 0 aliphatic carbocycles. The number of nitrogens with zero attached hydrogens (tertiary/aromatic N) is 2. The fourth-order valence-corrected chi connectivity index (χ4v) is 2.25. The second-order valence-electron chi connectivity index (χ2n) is 5.28. The molecule has 1 aromatic heterocycles. The smallest absolute Gasteiger partial charge is 0.122 e. The normalized spacial score (nSPS) is 12.3. The van der Waals surface area contributed by atoms with Crippen molar-refractivity contribution in [2.24, 2.45) is 0 Å². The minimum Gasteiger partial charge on any atom is -0.496 e. The second kappa shape index (κ2) is 7.84. The molecule has 0 aliphatic rings. The molecule has 1 N–H and O–H groups in total. The molecular formula is C17H25N3O. The van der Waals surface area contributed by atoms with E-state index in [2.05, 4.69) is 42.6 Å². The number of nitrogens with one attached hydrogen (secondary N) is 1. The number of para-hydroxylation sites is 1. The molecule has 1 atom stereocenters. The standard InChI is InChI=1S/C17H25N3O/c1-4-14(2)20-12-10-16(19-20)13-18-11-9-15-7-5-6-8-17(15)21-3/h5-8,10,12,14,18H,4,9,11,13H2,1-3H3. The fraction of sp³-hybridized carbons (Fsp3) is 0.471. The van der Waals surface area contributed by atoms with Gasteiger partial charge in [-0.3, -0.25) is 4.68 Å². The molecule has 114 valence electrons. The maximum atomic E-state index is 5.36. The van der Waals surface area contributed by atoms with Crippen molar-refractivity contribution in [3.63, 3.8) is 0 Å². The van der Waals surface area contributed by atoms with Gasteiger partial charge in [-0.2, -0.15) is 5.10 Å². The average molecular weight is 287 g/mol. The van der Waals surface area contributed by atoms with E-state index >= 15 is 0 Å². The molecular weight excluding hydrogens is 262 g/mol. The van der Waals surface area contributed by atoms with E-state index in [4.69, 9.17) is 4.74 Å². The van der Waals surface area contributed by atoms with Crippen LogP contribution in [0.2, 0.25) is 0 Å². The van der Waals surface area contributed by atoms with Crippen LogP contribution in [0, 0.1) is 0 Å². The van der Waals surface area contributed by atoms with Gasteiger partial charge in [0, 0.05) is 18.8 Å². The molecule has 0 amide bonds. The lowest BCUT2D eigenvalue weighted by Crippen LogP contribution is -2.17. The first-order chi connectivity index (χ1) is 10.2. The highest BCUT2D eigenvalue weighted by molar-refractivity contribution is 5.33. The summed E-state index contributed by atoms with van der Waals surface area (Å²) in [5.74, 6) is 0.959. The van der Waals surface area contributed by atoms with Crippen LogP contribution in [0.4, 0.5) is 0 Å². The number of methoxy groups -OCH3 is 1. The third-order valence-electron chi connectivity index (χ3n) is 3.78. The summed E-state index contributed by atoms with van der Waals surface area (Å²) in [5, 5.41) is 8.03. The van der Waals surface area contributed by atoms with Gasteiger partial charge < -0.3 is 10.1 Å². The Kier molecular flexibility index (Phi) is 5.81. The summed E-state index contributed by atoms with van der Waals surface area (Å²) in [6.07, 6.45) is 4.11. The van der Waals surface area contributed by atoms with E-state index in [-0.39, 0.29) is 0 Å². The zero-order valence-corrected chi connectivity index (χ0v) is 13.2. The van der Waals surface area contributed by atoms with Gasteiger partial charge in [-0.05, 0) is 44.0 Å². The van der Waals surface area contributed by atoms with Crippen LogP contribution in [0.3, 0.4) is 0 Å². The molecule has 0 radical (unpaired) electrons. The Morgan fingerprint density at radius 2 is 2.10 bits per heavy atom. The first-order valence-corrected chi connectivity index (χ1v) is 7.61. The molecule has 0 saturated heterocycles. The zero-order valence-electron chi connectivity index (χ0n) is 13.2. The van der Waals surface area contributed by atoms with Crippen LogP contribution in [-0.2, 0) is 13.0 Å². The van der Waals surface area contributed by atoms with E-state index in [9.17, 15) is 0 Å². The van der Waals surface area contributed by atoms with Crippen molar-refractivity contribution >= 4 is 0 Å². The second-order valence-corrected chi connectivity index (χ2v) is 5.28. The highest BCUT2D eigenvalue weighted by Crippen LogP contribution is 2.17. The lowest BCUT2D eigenvalue weighted by Gasteiger charge is -2.09. The van der Waals surface area contributed by atoms with Crippen molar-refractivity contribution in [2.45, 2.75) is 39.3 Å². The molecule has 4 nitrogen and oxygen atoms in total. The fourth-order valence-electron chi connectivity index (χ4n) is 2.25. The minimum absolute atomic E-state index is 0.465. The topological polar surface area (TPSA) is 39.1 Å². The van der Waals surface area contributed by atoms with E-state index in [1.54, 1.807) is 7.11 Å². The Hall–Kier alpha value is -1.81. The predicted octanol–water partition coefficient (Wildman–Crippen LogP) is 3.20. The Bertz CT molecular complexity index is 550. The van der Waals surface area contributed by atoms with Gasteiger partial charge in [-0.25, -0.2) is 0 Å². The molecule has 0 spiro atoms. The van der Waals surface area contributed by atoms with E-state index in [0.29, 0.717) is 6.04 Å². The van der Waals surface area contributed by atoms with Crippen molar-refractivity contribution in [1.82, 2.24) is 15.1 Å². The number of hydrogen-bond acceptors (Lipinski definition) is 3. The Balaban J connectivity index is 1.78. The molecule has 0 aliphatic heterocycles. The third kappa shape index (κ3) is 4.33. The first kappa shape index (κ1) is 15.6. The van der Waals surface area contributed by atoms with Crippen LogP contribution in [0.15, 0.2) is 36.5 Å². The number of hydrogen-bond donors (Lipinski definition) is 1. The molecule has 0 bridgehead atoms. The van der Waals surface area contributed by atoms with Crippen LogP contribution in [0.25, 0.3) is 0 Å². The van der Waals surface area contributed by atoms with Gasteiger partial charge >= 0.3 is 0 Å². The van der Waals surface area contributed by atoms with Crippen molar-refractivity contribution in [3.8, 4) is 5.75 Å². The maximum absolute atomic E-state index is 5.36. The minimum atomic E-state index is 0.465. The van der Waals surface area contributed by atoms with Crippen LogP contribution in [0.5, 0.6) is 5.75 Å². The summed E-state index contributed by atoms with van der Waals surface area (Å²) in [7, 11) is 1.72. The number of ether oxygens (including phenoxy) is 1. The Morgan fingerprint density at radius 3 is 2.86 bits per heavy atom. The number of rotatable bonds is 8. The Labute approximate surface area is 127 Å². The molecule has 2 aromatic rings. The van der Waals surface area contributed by atoms with Crippen LogP contribution >= 0.6 is 0 Å². The van der Waals surface area contributed by atoms with E-state index < -0.39 is 0 Å². The summed E-state index contributed by atoms with van der Waals surface area (Å²) in [4.78, 5) is 0. The van der Waals surface area contributed by atoms with Crippen LogP contribution in [0.1, 0.15) is 37.6 Å². The summed E-state index contributed by atoms with van der Waals surface area (Å²) in [6, 6.07) is 10.7. The van der Waals surface area contributed by atoms with Crippen molar-refractivity contribution in [2.75, 3.05) is 13.7 Å². The molecule has 1 unspecified atom stereocenters. The van der Waals surface area contributed by atoms with Gasteiger partial charge in [-0.1, -0.05) is 25.1 Å². The molecule has 1 aromatic carbocycles. The van der Waals surface area contributed by atoms with Gasteiger partial charge in [0.05, 0.1) is 12.8 Å². The monoisotopic (exact) mass is 287 g/mol. The molecule has 4 heteroatoms. The molecule has 1 heterocycles. The predicted molar refractivity (Wildman–Crippen MR) is 85.6 cm³/mol. The maximum Gasteiger partial charge on any atom is 0.122 e. The molecule has 2 rings (SSSR count). The van der Waals surface area contributed by atoms with Gasteiger partial charge in [0.25, 0.3) is 0 Å². The lowest BCUT2D eigenvalue weighted by molar-refractivity contribution is 0.409. The van der Waals surface area contributed by atoms with E-state index in [1.165, 1.54) is 5.56 Å². The van der Waals surface area contributed by atoms with Crippen LogP contribution in [-0.4, -0.2) is 23.4 Å². The lowest BCUT2D eigenvalue weighted by atomic mass is 10.1.